The van der Waals surface area contributed by atoms with Gasteiger partial charge in [0.05, 0.1) is 11.8 Å². The molecule has 1 unspecified atom stereocenters. The molecule has 0 bridgehead atoms. The molecule has 1 N–H and O–H groups in total. The lowest BCUT2D eigenvalue weighted by Gasteiger charge is -2.36. The highest BCUT2D eigenvalue weighted by atomic mass is 16.3. The van der Waals surface area contributed by atoms with Crippen LogP contribution < -0.4 is 0 Å². The molecule has 3 heteroatoms. The van der Waals surface area contributed by atoms with E-state index in [9.17, 15) is 5.11 Å². The Balaban J connectivity index is 1.95. The largest absolute Gasteiger partial charge is 0.392 e. The fourth-order valence-electron chi connectivity index (χ4n) is 3.22. The van der Waals surface area contributed by atoms with E-state index in [-0.39, 0.29) is 6.10 Å². The lowest BCUT2D eigenvalue weighted by molar-refractivity contribution is 0.0563. The van der Waals surface area contributed by atoms with Gasteiger partial charge in [-0.15, -0.1) is 0 Å². The van der Waals surface area contributed by atoms with E-state index in [0.717, 1.165) is 31.5 Å². The van der Waals surface area contributed by atoms with Crippen LogP contribution in [-0.2, 0) is 13.0 Å². The van der Waals surface area contributed by atoms with Crippen LogP contribution in [0.25, 0.3) is 0 Å². The van der Waals surface area contributed by atoms with Crippen molar-refractivity contribution in [3.63, 3.8) is 0 Å². The fourth-order valence-corrected chi connectivity index (χ4v) is 3.22. The highest BCUT2D eigenvalue weighted by molar-refractivity contribution is 5.10. The Morgan fingerprint density at radius 3 is 2.63 bits per heavy atom. The number of rotatable bonds is 4. The molecule has 0 aromatic carbocycles. The molecule has 0 amide bonds. The number of aliphatic hydroxyl groups is 1. The van der Waals surface area contributed by atoms with Gasteiger partial charge in [-0.3, -0.25) is 4.68 Å². The summed E-state index contributed by atoms with van der Waals surface area (Å²) in [6.45, 7) is 9.68. The van der Waals surface area contributed by atoms with Crippen molar-refractivity contribution < 1.29 is 5.11 Å². The topological polar surface area (TPSA) is 38.0 Å². The normalized spacial score (nSPS) is 21.5. The molecule has 108 valence electrons. The summed E-state index contributed by atoms with van der Waals surface area (Å²) in [6.07, 6.45) is 5.33. The lowest BCUT2D eigenvalue weighted by Crippen LogP contribution is -2.30. The number of aliphatic hydroxyl groups excluding tert-OH is 1. The van der Waals surface area contributed by atoms with Crippen LogP contribution in [0.4, 0.5) is 0 Å². The minimum Gasteiger partial charge on any atom is -0.392 e. The Morgan fingerprint density at radius 1 is 1.42 bits per heavy atom. The van der Waals surface area contributed by atoms with E-state index in [0.29, 0.717) is 11.3 Å². The van der Waals surface area contributed by atoms with E-state index in [1.165, 1.54) is 18.5 Å². The van der Waals surface area contributed by atoms with Crippen LogP contribution >= 0.6 is 0 Å². The van der Waals surface area contributed by atoms with Gasteiger partial charge in [-0.25, -0.2) is 0 Å². The molecule has 1 heterocycles. The van der Waals surface area contributed by atoms with Crippen LogP contribution in [0.1, 0.15) is 57.8 Å². The van der Waals surface area contributed by atoms with Gasteiger partial charge in [0.25, 0.3) is 0 Å². The number of nitrogens with zero attached hydrogens (tertiary/aromatic N) is 2. The zero-order chi connectivity index (χ0) is 14.0. The van der Waals surface area contributed by atoms with Crippen molar-refractivity contribution in [3.05, 3.63) is 17.5 Å². The second kappa shape index (κ2) is 5.66. The van der Waals surface area contributed by atoms with Gasteiger partial charge in [0.1, 0.15) is 0 Å². The minimum absolute atomic E-state index is 0.211. The van der Waals surface area contributed by atoms with Gasteiger partial charge in [-0.2, -0.15) is 5.10 Å². The van der Waals surface area contributed by atoms with Crippen molar-refractivity contribution in [3.8, 4) is 0 Å². The van der Waals surface area contributed by atoms with Crippen molar-refractivity contribution >= 4 is 0 Å². The lowest BCUT2D eigenvalue weighted by atomic mass is 9.71. The molecule has 0 saturated heterocycles. The van der Waals surface area contributed by atoms with E-state index < -0.39 is 0 Å². The van der Waals surface area contributed by atoms with Gasteiger partial charge < -0.3 is 5.11 Å². The number of hydrogen-bond acceptors (Lipinski definition) is 2. The number of aromatic nitrogens is 2. The molecular formula is C16H28N2O. The molecule has 2 rings (SSSR count). The Morgan fingerprint density at radius 2 is 2.05 bits per heavy atom. The summed E-state index contributed by atoms with van der Waals surface area (Å²) < 4.78 is 2.02. The maximum atomic E-state index is 10.5. The summed E-state index contributed by atoms with van der Waals surface area (Å²) in [5, 5.41) is 14.9. The van der Waals surface area contributed by atoms with E-state index in [1.807, 2.05) is 11.6 Å². The average molecular weight is 264 g/mol. The van der Waals surface area contributed by atoms with Crippen LogP contribution in [0, 0.1) is 18.3 Å². The van der Waals surface area contributed by atoms with Gasteiger partial charge >= 0.3 is 0 Å². The molecule has 1 fully saturated rings. The van der Waals surface area contributed by atoms with Gasteiger partial charge in [-0.1, -0.05) is 13.8 Å². The molecular weight excluding hydrogens is 236 g/mol. The van der Waals surface area contributed by atoms with Crippen LogP contribution in [0.15, 0.2) is 6.07 Å². The predicted octanol–water partition coefficient (Wildman–Crippen LogP) is 3.33. The Bertz CT molecular complexity index is 412. The van der Waals surface area contributed by atoms with Gasteiger partial charge in [-0.05, 0) is 56.9 Å². The van der Waals surface area contributed by atoms with E-state index >= 15 is 0 Å². The molecule has 1 aliphatic carbocycles. The summed E-state index contributed by atoms with van der Waals surface area (Å²) in [5.74, 6) is 0.466. The van der Waals surface area contributed by atoms with Gasteiger partial charge in [0.2, 0.25) is 0 Å². The molecule has 1 atom stereocenters. The van der Waals surface area contributed by atoms with Crippen LogP contribution in [0.3, 0.4) is 0 Å². The standard InChI is InChI=1S/C16H28N2O/c1-5-18-14(10-12(2)17-18)11-15(19)13-6-8-16(3,4)9-7-13/h10,13,15,19H,5-9,11H2,1-4H3. The molecule has 1 aromatic heterocycles. The van der Waals surface area contributed by atoms with Gasteiger partial charge in [0.15, 0.2) is 0 Å². The minimum atomic E-state index is -0.211. The fraction of sp³-hybridized carbons (Fsp3) is 0.812. The highest BCUT2D eigenvalue weighted by Crippen LogP contribution is 2.39. The SMILES string of the molecule is CCn1nc(C)cc1CC(O)C1CCC(C)(C)CC1. The molecule has 0 aliphatic heterocycles. The third-order valence-electron chi connectivity index (χ3n) is 4.63. The van der Waals surface area contributed by atoms with E-state index in [2.05, 4.69) is 31.9 Å². The summed E-state index contributed by atoms with van der Waals surface area (Å²) >= 11 is 0. The first-order valence-corrected chi connectivity index (χ1v) is 7.62. The first kappa shape index (κ1) is 14.6. The number of aryl methyl sites for hydroxylation is 2. The second-order valence-electron chi connectivity index (χ2n) is 6.87. The zero-order valence-electron chi connectivity index (χ0n) is 12.8. The summed E-state index contributed by atoms with van der Waals surface area (Å²) in [7, 11) is 0. The third kappa shape index (κ3) is 3.59. The average Bonchev–Trinajstić information content (AvgIpc) is 2.69. The quantitative estimate of drug-likeness (QED) is 0.906. The molecule has 3 nitrogen and oxygen atoms in total. The monoisotopic (exact) mass is 264 g/mol. The van der Waals surface area contributed by atoms with Crippen molar-refractivity contribution in [2.75, 3.05) is 0 Å². The van der Waals surface area contributed by atoms with Crippen molar-refractivity contribution in [2.24, 2.45) is 11.3 Å². The summed E-state index contributed by atoms with van der Waals surface area (Å²) in [4.78, 5) is 0. The zero-order valence-corrected chi connectivity index (χ0v) is 12.8. The molecule has 1 aliphatic rings. The first-order chi connectivity index (χ1) is 8.91. The smallest absolute Gasteiger partial charge is 0.0623 e. The molecule has 1 saturated carbocycles. The Labute approximate surface area is 117 Å². The van der Waals surface area contributed by atoms with Crippen molar-refractivity contribution in [1.82, 2.24) is 9.78 Å². The first-order valence-electron chi connectivity index (χ1n) is 7.62. The predicted molar refractivity (Wildman–Crippen MR) is 78.1 cm³/mol. The molecule has 0 radical (unpaired) electrons. The Kier molecular flexibility index (Phi) is 4.34. The molecule has 19 heavy (non-hydrogen) atoms. The van der Waals surface area contributed by atoms with Crippen molar-refractivity contribution in [2.45, 2.75) is 72.4 Å². The molecule has 1 aromatic rings. The summed E-state index contributed by atoms with van der Waals surface area (Å²) in [5.41, 5.74) is 2.70. The summed E-state index contributed by atoms with van der Waals surface area (Å²) in [6, 6.07) is 2.11. The van der Waals surface area contributed by atoms with E-state index in [1.54, 1.807) is 0 Å². The highest BCUT2D eigenvalue weighted by Gasteiger charge is 2.30. The van der Waals surface area contributed by atoms with Crippen LogP contribution in [0.2, 0.25) is 0 Å². The second-order valence-corrected chi connectivity index (χ2v) is 6.87. The Hall–Kier alpha value is -0.830. The van der Waals surface area contributed by atoms with Crippen LogP contribution in [-0.4, -0.2) is 21.0 Å². The third-order valence-corrected chi connectivity index (χ3v) is 4.63. The molecule has 0 spiro atoms. The van der Waals surface area contributed by atoms with Crippen LogP contribution in [0.5, 0.6) is 0 Å². The van der Waals surface area contributed by atoms with E-state index in [4.69, 9.17) is 0 Å². The van der Waals surface area contributed by atoms with Crippen molar-refractivity contribution in [1.29, 1.82) is 0 Å². The maximum Gasteiger partial charge on any atom is 0.0623 e. The number of hydrogen-bond donors (Lipinski definition) is 1. The van der Waals surface area contributed by atoms with Gasteiger partial charge in [0, 0.05) is 18.7 Å². The maximum absolute atomic E-state index is 10.5.